The number of nitrogens with zero attached hydrogens (tertiary/aromatic N) is 28. The highest BCUT2D eigenvalue weighted by Crippen LogP contribution is 2.27. The largest absolute Gasteiger partial charge is 0.331 e. The fraction of sp³-hybridized carbons (Fsp3) is 0.386. The van der Waals surface area contributed by atoms with Crippen LogP contribution in [0.15, 0.2) is 174 Å². The van der Waals surface area contributed by atoms with Crippen molar-refractivity contribution in [3.8, 4) is 0 Å². The zero-order valence-electron chi connectivity index (χ0n) is 74.6. The van der Waals surface area contributed by atoms with E-state index in [1.54, 1.807) is 144 Å². The van der Waals surface area contributed by atoms with Crippen LogP contribution in [-0.2, 0) is 6.54 Å². The molecule has 0 radical (unpaired) electrons. The third-order valence-corrected chi connectivity index (χ3v) is 20.0. The Balaban J connectivity index is 0.000000130. The Morgan fingerprint density at radius 3 is 1.64 bits per heavy atom. The van der Waals surface area contributed by atoms with Gasteiger partial charge in [-0.15, -0.1) is 5.10 Å². The molecule has 18 aromatic rings. The molecule has 9 N–H and O–H groups in total. The first-order valence-corrected chi connectivity index (χ1v) is 41.2. The first kappa shape index (κ1) is 90.9. The molecule has 1 atom stereocenters. The summed E-state index contributed by atoms with van der Waals surface area (Å²) in [5, 5.41) is 13.7. The van der Waals surface area contributed by atoms with Crippen molar-refractivity contribution in [1.82, 2.24) is 154 Å². The van der Waals surface area contributed by atoms with Crippen LogP contribution in [0, 0.1) is 20.8 Å². The normalized spacial score (nSPS) is 12.7. The second-order valence-electron chi connectivity index (χ2n) is 32.4. The summed E-state index contributed by atoms with van der Waals surface area (Å²) in [6.45, 7) is 46.4. The molecule has 44 nitrogen and oxygen atoms in total. The number of H-pyrrole nitrogens is 5. The number of aryl methyl sites for hydroxylation is 3. The van der Waals surface area contributed by atoms with E-state index in [0.717, 1.165) is 39.6 Å². The average molecular weight is 1740 g/mol. The number of fused-ring (bicyclic) bond motifs is 11. The van der Waals surface area contributed by atoms with E-state index in [-0.39, 0.29) is 74.7 Å². The Labute approximate surface area is 722 Å². The monoisotopic (exact) mass is 1730 g/mol. The Kier molecular flexibility index (Phi) is 27.4. The summed E-state index contributed by atoms with van der Waals surface area (Å²) >= 11 is 0. The molecule has 0 aromatic carbocycles. The van der Waals surface area contributed by atoms with Gasteiger partial charge >= 0.3 is 0 Å². The van der Waals surface area contributed by atoms with E-state index in [0.29, 0.717) is 122 Å². The number of rotatable bonds is 9. The van der Waals surface area contributed by atoms with Crippen molar-refractivity contribution in [3.63, 3.8) is 0 Å². The van der Waals surface area contributed by atoms with Gasteiger partial charge in [0, 0.05) is 128 Å². The summed E-state index contributed by atoms with van der Waals surface area (Å²) in [7, 11) is 0. The third kappa shape index (κ3) is 19.4. The molecule has 44 heteroatoms. The van der Waals surface area contributed by atoms with Gasteiger partial charge in [-0.2, -0.15) is 4.98 Å². The molecule has 0 aliphatic carbocycles. The van der Waals surface area contributed by atoms with Crippen molar-refractivity contribution in [3.05, 3.63) is 236 Å². The smallest absolute Gasteiger partial charge is 0.287 e. The quantitative estimate of drug-likeness (QED) is 0.0666. The van der Waals surface area contributed by atoms with Crippen LogP contribution >= 0.6 is 0 Å². The average Bonchev–Trinajstić information content (AvgIpc) is 1.62. The van der Waals surface area contributed by atoms with Crippen LogP contribution in [0.2, 0.25) is 0 Å². The van der Waals surface area contributed by atoms with Crippen molar-refractivity contribution in [2.75, 3.05) is 10.6 Å². The van der Waals surface area contributed by atoms with Crippen molar-refractivity contribution < 1.29 is 0 Å². The number of aliphatic imine (C=N–C) groups is 1. The lowest BCUT2D eigenvalue weighted by atomic mass is 10.3. The topological polar surface area (TPSA) is 521 Å². The number of anilines is 2. The zero-order chi connectivity index (χ0) is 92.0. The maximum atomic E-state index is 12.2. The molecule has 1 unspecified atom stereocenters. The van der Waals surface area contributed by atoms with Crippen LogP contribution in [0.3, 0.4) is 0 Å². The maximum absolute atomic E-state index is 12.2. The van der Waals surface area contributed by atoms with Gasteiger partial charge in [0.2, 0.25) is 22.9 Å². The number of nitrogens with one attached hydrogen (secondary N) is 7. The van der Waals surface area contributed by atoms with Gasteiger partial charge in [-0.25, -0.2) is 68.4 Å². The molecule has 666 valence electrons. The molecule has 20 rings (SSSR count). The molecule has 0 saturated heterocycles. The van der Waals surface area contributed by atoms with E-state index in [9.17, 15) is 38.4 Å². The Morgan fingerprint density at radius 1 is 0.457 bits per heavy atom. The summed E-state index contributed by atoms with van der Waals surface area (Å²) in [6.07, 6.45) is 26.6. The first-order valence-electron chi connectivity index (χ1n) is 41.2. The molecule has 0 spiro atoms. The number of aromatic amines is 5. The van der Waals surface area contributed by atoms with E-state index >= 15 is 0 Å². The van der Waals surface area contributed by atoms with Gasteiger partial charge in [0.1, 0.15) is 35.0 Å². The Bertz CT molecular complexity index is 7190. The van der Waals surface area contributed by atoms with Gasteiger partial charge in [0.05, 0.1) is 67.9 Å². The molecule has 127 heavy (non-hydrogen) atoms. The summed E-state index contributed by atoms with van der Waals surface area (Å²) in [5.74, 6) is 3.94. The van der Waals surface area contributed by atoms with E-state index in [1.165, 1.54) is 4.40 Å². The summed E-state index contributed by atoms with van der Waals surface area (Å²) in [6, 6.07) is 9.43. The Morgan fingerprint density at radius 2 is 1.00 bits per heavy atom. The molecule has 0 saturated carbocycles. The zero-order valence-corrected chi connectivity index (χ0v) is 74.6. The van der Waals surface area contributed by atoms with Gasteiger partial charge in [0.25, 0.3) is 38.9 Å². The number of hydrogen-bond donors (Lipinski definition) is 8. The molecule has 0 amide bonds. The third-order valence-electron chi connectivity index (χ3n) is 20.0. The highest BCUT2D eigenvalue weighted by atomic mass is 16.2. The molecule has 0 fully saturated rings. The molecule has 0 bridgehead atoms. The lowest BCUT2D eigenvalue weighted by molar-refractivity contribution is 0.494. The van der Waals surface area contributed by atoms with E-state index < -0.39 is 0 Å². The van der Waals surface area contributed by atoms with Crippen LogP contribution in [-0.4, -0.2) is 161 Å². The van der Waals surface area contributed by atoms with Crippen LogP contribution in [0.4, 0.5) is 11.8 Å². The Hall–Kier alpha value is -15.3. The summed E-state index contributed by atoms with van der Waals surface area (Å²) in [4.78, 5) is 160. The van der Waals surface area contributed by atoms with Crippen LogP contribution in [0.1, 0.15) is 208 Å². The van der Waals surface area contributed by atoms with Gasteiger partial charge in [-0.3, -0.25) is 57.0 Å². The summed E-state index contributed by atoms with van der Waals surface area (Å²) in [5.41, 5.74) is 14.6. The molecular formula is C83H106N36O8. The molecule has 20 heterocycles. The SMILES string of the molecule is C=C1Cn2c(nc3c(ncn3C(C)C)c2=O)N1.CC(C)n1ccc(=O)c2nccn21.CC(C)n1ccc(=O)n2ccnc12.CC(C)n1cnc2c(=O)[nH]ccc21.CC(C)n1cnc2c(=O)n3ccnc3[nH]c21.CC(C)n1cnc2c1NC=NC2N.Cc1cc2c(ncn2C(C)C)c(=O)[nH]1.Cc1nc2c(ncn2C(C)C)c(=O)[nH]1.Cc1nc2c(nnn2C(C)C)c(=O)[nH]1. The fourth-order valence-electron chi connectivity index (χ4n) is 13.6. The van der Waals surface area contributed by atoms with Crippen molar-refractivity contribution in [2.45, 2.75) is 212 Å². The predicted molar refractivity (Wildman–Crippen MR) is 486 cm³/mol. The van der Waals surface area contributed by atoms with Crippen molar-refractivity contribution in [1.29, 1.82) is 0 Å². The van der Waals surface area contributed by atoms with E-state index in [2.05, 4.69) is 186 Å². The van der Waals surface area contributed by atoms with Gasteiger partial charge in [-0.1, -0.05) is 11.8 Å². The number of imidazole rings is 9. The predicted octanol–water partition coefficient (Wildman–Crippen LogP) is 9.43. The molecular weight excluding hydrogens is 1630 g/mol. The molecule has 18 aromatic heterocycles. The standard InChI is InChI=1S/C11H13N5O.C10H11N5O.C10H13N3O.C9H12N4O.3C9H11N3O.C8H11N5O.C8H13N5/c1-6(2)16-5-12-8-9(16)14-11-13-7(3)4-15(11)10(8)17;1-6(2)15-5-12-7-8(15)13-10-11-3-4-14(10)9(7)16;1-6(2)13-5-11-9-8(13)4-7(3)12-10(9)14;1-5(2)13-4-10-7-8(13)11-6(3)12-9(7)14;1-7(2)11-5-3-8(13)12-6-4-10-9(11)12;1-7(2)11-5-3-8(13)9-10-4-6-12(9)11;1-6(2)12-5-11-8-7(12)3-4-10-9(8)13;1-4(2)13-7-6(11-12-13)8(14)10-5(3)9-7;1-5(2)13-4-12-6-7(9)10-3-11-8(6)13/h5-6H,3-4H2,1-2H3,(H,13,14);3-6H,1-2H3,(H,11,13);4-6H,1-3H3,(H,12,14);4-5H,1-3H3,(H,11,12,14);2*3-7H,1-2H3;3-6H,1-2H3,(H,10,13);4H,1-3H3,(H,9,10,14);3-5,7H,9H2,1-2H3,(H,10,11). The number of allylic oxidation sites excluding steroid dienone is 1. The second kappa shape index (κ2) is 38.2. The minimum absolute atomic E-state index is 0.0376. The lowest BCUT2D eigenvalue weighted by Gasteiger charge is -2.16. The van der Waals surface area contributed by atoms with Gasteiger partial charge in [0.15, 0.2) is 55.7 Å². The van der Waals surface area contributed by atoms with E-state index in [4.69, 9.17) is 5.73 Å². The number of hydrogen-bond acceptors (Lipinski definition) is 26. The van der Waals surface area contributed by atoms with Gasteiger partial charge in [-0.05, 0) is 158 Å². The lowest BCUT2D eigenvalue weighted by Crippen LogP contribution is -2.19. The first-order chi connectivity index (χ1) is 60.3. The molecule has 2 aliphatic heterocycles. The maximum Gasteiger partial charge on any atom is 0.287 e. The number of pyridine rings is 2. The van der Waals surface area contributed by atoms with Gasteiger partial charge < -0.3 is 73.3 Å². The fourth-order valence-corrected chi connectivity index (χ4v) is 13.6. The second-order valence-corrected chi connectivity index (χ2v) is 32.4. The number of nitrogens with two attached hydrogens (primary N) is 1. The van der Waals surface area contributed by atoms with E-state index in [1.807, 2.05) is 111 Å². The van der Waals surface area contributed by atoms with Crippen LogP contribution < -0.4 is 60.7 Å². The minimum Gasteiger partial charge on any atom is -0.331 e. The van der Waals surface area contributed by atoms with Crippen LogP contribution in [0.25, 0.3) is 83.9 Å². The number of aromatic nitrogens is 32. The summed E-state index contributed by atoms with van der Waals surface area (Å²) < 4.78 is 23.6. The van der Waals surface area contributed by atoms with Crippen molar-refractivity contribution in [2.24, 2.45) is 10.7 Å². The highest BCUT2D eigenvalue weighted by molar-refractivity contribution is 5.79. The van der Waals surface area contributed by atoms with Crippen molar-refractivity contribution >= 4 is 102 Å². The minimum atomic E-state index is -0.323. The molecule has 2 aliphatic rings. The van der Waals surface area contributed by atoms with Crippen LogP contribution in [0.5, 0.6) is 0 Å². The highest BCUT2D eigenvalue weighted by Gasteiger charge is 2.24.